The van der Waals surface area contributed by atoms with Crippen molar-refractivity contribution in [1.29, 1.82) is 0 Å². The SMILES string of the molecule is Cc1cccc(C)c1-n1nc[c]c1C. The van der Waals surface area contributed by atoms with E-state index in [4.69, 9.17) is 0 Å². The maximum atomic E-state index is 4.27. The zero-order chi connectivity index (χ0) is 10.1. The third kappa shape index (κ3) is 1.33. The highest BCUT2D eigenvalue weighted by Crippen LogP contribution is 2.18. The molecule has 0 aliphatic heterocycles. The molecule has 0 atom stereocenters. The van der Waals surface area contributed by atoms with Crippen molar-refractivity contribution in [2.45, 2.75) is 20.8 Å². The maximum Gasteiger partial charge on any atom is 0.0707 e. The second-order valence-corrected chi connectivity index (χ2v) is 3.53. The van der Waals surface area contributed by atoms with Crippen LogP contribution in [0.25, 0.3) is 5.69 Å². The highest BCUT2D eigenvalue weighted by molar-refractivity contribution is 5.46. The molecular formula is C12H13N2. The van der Waals surface area contributed by atoms with E-state index in [2.05, 4.69) is 43.2 Å². The largest absolute Gasteiger partial charge is 0.237 e. The van der Waals surface area contributed by atoms with Crippen molar-refractivity contribution in [2.75, 3.05) is 0 Å². The molecule has 0 aliphatic rings. The molecule has 1 aromatic carbocycles. The predicted molar refractivity (Wildman–Crippen MR) is 56.6 cm³/mol. The topological polar surface area (TPSA) is 17.8 Å². The summed E-state index contributed by atoms with van der Waals surface area (Å²) in [5.74, 6) is 0. The zero-order valence-corrected chi connectivity index (χ0v) is 8.70. The lowest BCUT2D eigenvalue weighted by Gasteiger charge is -2.10. The summed E-state index contributed by atoms with van der Waals surface area (Å²) < 4.78 is 1.94. The average Bonchev–Trinajstić information content (AvgIpc) is 2.52. The number of aromatic nitrogens is 2. The van der Waals surface area contributed by atoms with E-state index < -0.39 is 0 Å². The molecule has 1 heterocycles. The van der Waals surface area contributed by atoms with Crippen molar-refractivity contribution >= 4 is 0 Å². The van der Waals surface area contributed by atoms with Crippen LogP contribution in [0.3, 0.4) is 0 Å². The van der Waals surface area contributed by atoms with Gasteiger partial charge in [-0.25, -0.2) is 4.68 Å². The lowest BCUT2D eigenvalue weighted by molar-refractivity contribution is 0.833. The van der Waals surface area contributed by atoms with Gasteiger partial charge in [-0.15, -0.1) is 0 Å². The molecule has 2 rings (SSSR count). The number of hydrogen-bond donors (Lipinski definition) is 0. The molecule has 1 aromatic heterocycles. The van der Waals surface area contributed by atoms with Crippen molar-refractivity contribution in [2.24, 2.45) is 0 Å². The van der Waals surface area contributed by atoms with Crippen LogP contribution in [0.2, 0.25) is 0 Å². The van der Waals surface area contributed by atoms with Crippen LogP contribution >= 0.6 is 0 Å². The second-order valence-electron chi connectivity index (χ2n) is 3.53. The van der Waals surface area contributed by atoms with E-state index in [0.717, 1.165) is 5.69 Å². The number of benzene rings is 1. The predicted octanol–water partition coefficient (Wildman–Crippen LogP) is 2.60. The number of aryl methyl sites for hydroxylation is 3. The van der Waals surface area contributed by atoms with Crippen LogP contribution in [0.15, 0.2) is 24.4 Å². The first-order valence-corrected chi connectivity index (χ1v) is 4.69. The molecule has 14 heavy (non-hydrogen) atoms. The van der Waals surface area contributed by atoms with Gasteiger partial charge in [-0.3, -0.25) is 0 Å². The Morgan fingerprint density at radius 3 is 2.29 bits per heavy atom. The molecule has 0 saturated carbocycles. The minimum absolute atomic E-state index is 1.04. The molecule has 2 nitrogen and oxygen atoms in total. The van der Waals surface area contributed by atoms with E-state index in [-0.39, 0.29) is 0 Å². The summed E-state index contributed by atoms with van der Waals surface area (Å²) in [6, 6.07) is 9.34. The first-order valence-electron chi connectivity index (χ1n) is 4.69. The van der Waals surface area contributed by atoms with E-state index in [1.807, 2.05) is 11.6 Å². The van der Waals surface area contributed by atoms with Gasteiger partial charge in [0.1, 0.15) is 0 Å². The fraction of sp³-hybridized carbons (Fsp3) is 0.250. The van der Waals surface area contributed by atoms with E-state index >= 15 is 0 Å². The summed E-state index contributed by atoms with van der Waals surface area (Å²) >= 11 is 0. The Labute approximate surface area is 84.2 Å². The van der Waals surface area contributed by atoms with Gasteiger partial charge >= 0.3 is 0 Å². The van der Waals surface area contributed by atoms with Crippen molar-refractivity contribution < 1.29 is 0 Å². The quantitative estimate of drug-likeness (QED) is 0.667. The van der Waals surface area contributed by atoms with Gasteiger partial charge in [0, 0.05) is 11.8 Å². The number of hydrogen-bond acceptors (Lipinski definition) is 1. The van der Waals surface area contributed by atoms with Crippen LogP contribution in [-0.4, -0.2) is 9.78 Å². The monoisotopic (exact) mass is 185 g/mol. The van der Waals surface area contributed by atoms with Crippen LogP contribution in [-0.2, 0) is 0 Å². The van der Waals surface area contributed by atoms with Gasteiger partial charge in [-0.1, -0.05) is 18.2 Å². The summed E-state index contributed by atoms with van der Waals surface area (Å²) in [6.07, 6.45) is 1.71. The van der Waals surface area contributed by atoms with Crippen LogP contribution in [0, 0.1) is 26.8 Å². The Morgan fingerprint density at radius 2 is 1.79 bits per heavy atom. The lowest BCUT2D eigenvalue weighted by Crippen LogP contribution is -2.03. The van der Waals surface area contributed by atoms with Gasteiger partial charge in [0.2, 0.25) is 0 Å². The van der Waals surface area contributed by atoms with Crippen LogP contribution in [0.1, 0.15) is 16.8 Å². The van der Waals surface area contributed by atoms with E-state index in [9.17, 15) is 0 Å². The van der Waals surface area contributed by atoms with E-state index in [1.54, 1.807) is 6.20 Å². The molecule has 71 valence electrons. The molecule has 0 aliphatic carbocycles. The standard InChI is InChI=1S/C12H13N2/c1-9-5-4-6-10(2)12(9)14-11(3)7-8-13-14/h4-6,8H,1-3H3. The van der Waals surface area contributed by atoms with Crippen molar-refractivity contribution in [3.05, 3.63) is 47.3 Å². The normalized spacial score (nSPS) is 10.5. The van der Waals surface area contributed by atoms with Gasteiger partial charge in [0.25, 0.3) is 0 Å². The molecular weight excluding hydrogens is 172 g/mol. The molecule has 0 saturated heterocycles. The Kier molecular flexibility index (Phi) is 2.12. The molecule has 0 fully saturated rings. The third-order valence-corrected chi connectivity index (χ3v) is 2.42. The first-order chi connectivity index (χ1) is 6.70. The second kappa shape index (κ2) is 3.29. The minimum atomic E-state index is 1.04. The molecule has 2 aromatic rings. The van der Waals surface area contributed by atoms with Gasteiger partial charge in [-0.05, 0) is 31.9 Å². The smallest absolute Gasteiger partial charge is 0.0707 e. The first kappa shape index (κ1) is 9.00. The fourth-order valence-corrected chi connectivity index (χ4v) is 1.69. The molecule has 1 radical (unpaired) electrons. The fourth-order valence-electron chi connectivity index (χ4n) is 1.69. The Morgan fingerprint density at radius 1 is 1.14 bits per heavy atom. The van der Waals surface area contributed by atoms with Crippen LogP contribution in [0.4, 0.5) is 0 Å². The average molecular weight is 185 g/mol. The summed E-state index contributed by atoms with van der Waals surface area (Å²) in [4.78, 5) is 0. The summed E-state index contributed by atoms with van der Waals surface area (Å²) in [7, 11) is 0. The van der Waals surface area contributed by atoms with E-state index in [1.165, 1.54) is 16.8 Å². The van der Waals surface area contributed by atoms with Gasteiger partial charge in [-0.2, -0.15) is 5.10 Å². The van der Waals surface area contributed by atoms with Crippen molar-refractivity contribution in [1.82, 2.24) is 9.78 Å². The summed E-state index contributed by atoms with van der Waals surface area (Å²) in [5.41, 5.74) is 4.70. The van der Waals surface area contributed by atoms with E-state index in [0.29, 0.717) is 0 Å². The van der Waals surface area contributed by atoms with Crippen LogP contribution < -0.4 is 0 Å². The van der Waals surface area contributed by atoms with Gasteiger partial charge in [0.05, 0.1) is 11.9 Å². The highest BCUT2D eigenvalue weighted by atomic mass is 15.3. The lowest BCUT2D eigenvalue weighted by atomic mass is 10.1. The van der Waals surface area contributed by atoms with Gasteiger partial charge in [0.15, 0.2) is 0 Å². The third-order valence-electron chi connectivity index (χ3n) is 2.42. The number of para-hydroxylation sites is 1. The van der Waals surface area contributed by atoms with Gasteiger partial charge < -0.3 is 0 Å². The highest BCUT2D eigenvalue weighted by Gasteiger charge is 2.06. The molecule has 0 unspecified atom stereocenters. The molecule has 0 bridgehead atoms. The molecule has 2 heteroatoms. The van der Waals surface area contributed by atoms with Crippen molar-refractivity contribution in [3.63, 3.8) is 0 Å². The summed E-state index contributed by atoms with van der Waals surface area (Å²) in [5, 5.41) is 4.27. The minimum Gasteiger partial charge on any atom is -0.237 e. The molecule has 0 spiro atoms. The summed E-state index contributed by atoms with van der Waals surface area (Å²) in [6.45, 7) is 6.21. The molecule has 0 amide bonds. The molecule has 0 N–H and O–H groups in total. The Hall–Kier alpha value is -1.57. The number of nitrogens with zero attached hydrogens (tertiary/aromatic N) is 2. The Balaban J connectivity index is 2.68. The zero-order valence-electron chi connectivity index (χ0n) is 8.70. The van der Waals surface area contributed by atoms with Crippen molar-refractivity contribution in [3.8, 4) is 5.69 Å². The Bertz CT molecular complexity index is 435. The maximum absolute atomic E-state index is 4.27. The van der Waals surface area contributed by atoms with Crippen LogP contribution in [0.5, 0.6) is 0 Å². The number of rotatable bonds is 1.